The van der Waals surface area contributed by atoms with Crippen LogP contribution in [0, 0.1) is 22.2 Å². The lowest BCUT2D eigenvalue weighted by molar-refractivity contribution is -0.149. The van der Waals surface area contributed by atoms with Crippen molar-refractivity contribution < 1.29 is 19.1 Å². The van der Waals surface area contributed by atoms with E-state index in [9.17, 15) is 9.59 Å². The van der Waals surface area contributed by atoms with E-state index in [0.29, 0.717) is 19.8 Å². The number of amides is 1. The van der Waals surface area contributed by atoms with Crippen LogP contribution in [-0.2, 0) is 19.1 Å². The molecule has 0 aromatic rings. The average Bonchev–Trinajstić information content (AvgIpc) is 3.10. The van der Waals surface area contributed by atoms with E-state index in [1.807, 2.05) is 0 Å². The topological polar surface area (TPSA) is 76.7 Å². The van der Waals surface area contributed by atoms with Crippen LogP contribution in [0.15, 0.2) is 0 Å². The predicted octanol–water partition coefficient (Wildman–Crippen LogP) is 2.05. The summed E-state index contributed by atoms with van der Waals surface area (Å²) >= 11 is 0. The predicted molar refractivity (Wildman–Crippen MR) is 104 cm³/mol. The first-order chi connectivity index (χ1) is 12.6. The van der Waals surface area contributed by atoms with E-state index in [4.69, 9.17) is 9.47 Å². The molecule has 2 saturated carbocycles. The van der Waals surface area contributed by atoms with E-state index in [-0.39, 0.29) is 41.0 Å². The SMILES string of the molecule is COC(=O)C1(CNC(=O)C2CCCC23CCNCC3)CC12CCOCC2.Cl. The minimum absolute atomic E-state index is 0. The summed E-state index contributed by atoms with van der Waals surface area (Å²) in [6.45, 7) is 3.85. The zero-order valence-corrected chi connectivity index (χ0v) is 17.1. The number of halogens is 1. The van der Waals surface area contributed by atoms with Crippen molar-refractivity contribution in [2.75, 3.05) is 40.0 Å². The minimum atomic E-state index is -0.541. The van der Waals surface area contributed by atoms with E-state index in [2.05, 4.69) is 10.6 Å². The third kappa shape index (κ3) is 3.38. The molecule has 154 valence electrons. The molecule has 7 heteroatoms. The summed E-state index contributed by atoms with van der Waals surface area (Å²) in [5, 5.41) is 6.60. The average molecular weight is 401 g/mol. The Hall–Kier alpha value is -0.850. The summed E-state index contributed by atoms with van der Waals surface area (Å²) in [6, 6.07) is 0. The number of carbonyl (C=O) groups excluding carboxylic acids is 2. The van der Waals surface area contributed by atoms with Crippen molar-refractivity contribution in [2.24, 2.45) is 22.2 Å². The summed E-state index contributed by atoms with van der Waals surface area (Å²) in [5.74, 6) is 0.0909. The molecule has 0 bridgehead atoms. The van der Waals surface area contributed by atoms with Crippen LogP contribution >= 0.6 is 12.4 Å². The van der Waals surface area contributed by atoms with Gasteiger partial charge >= 0.3 is 5.97 Å². The summed E-state index contributed by atoms with van der Waals surface area (Å²) < 4.78 is 10.6. The maximum Gasteiger partial charge on any atom is 0.314 e. The lowest BCUT2D eigenvalue weighted by Gasteiger charge is -2.39. The molecule has 0 aromatic heterocycles. The lowest BCUT2D eigenvalue weighted by Crippen LogP contribution is -2.47. The van der Waals surface area contributed by atoms with Gasteiger partial charge in [0, 0.05) is 25.7 Å². The first-order valence-electron chi connectivity index (χ1n) is 10.2. The molecule has 2 atom stereocenters. The first kappa shape index (κ1) is 20.9. The van der Waals surface area contributed by atoms with Crippen molar-refractivity contribution in [3.8, 4) is 0 Å². The lowest BCUT2D eigenvalue weighted by atomic mass is 9.70. The van der Waals surface area contributed by atoms with Gasteiger partial charge in [-0.3, -0.25) is 9.59 Å². The molecule has 2 heterocycles. The van der Waals surface area contributed by atoms with Crippen molar-refractivity contribution in [3.05, 3.63) is 0 Å². The van der Waals surface area contributed by atoms with Crippen molar-refractivity contribution in [3.63, 3.8) is 0 Å². The molecule has 2 aliphatic heterocycles. The van der Waals surface area contributed by atoms with E-state index in [1.165, 1.54) is 7.11 Å². The fourth-order valence-electron chi connectivity index (χ4n) is 6.19. The second-order valence-corrected chi connectivity index (χ2v) is 8.92. The van der Waals surface area contributed by atoms with Gasteiger partial charge in [-0.25, -0.2) is 0 Å². The number of rotatable bonds is 4. The van der Waals surface area contributed by atoms with Gasteiger partial charge in [0.1, 0.15) is 0 Å². The Labute approximate surface area is 167 Å². The monoisotopic (exact) mass is 400 g/mol. The second kappa shape index (κ2) is 7.88. The Bertz CT molecular complexity index is 572. The molecule has 0 aromatic carbocycles. The van der Waals surface area contributed by atoms with Crippen LogP contribution in [0.2, 0.25) is 0 Å². The van der Waals surface area contributed by atoms with E-state index < -0.39 is 5.41 Å². The number of methoxy groups -OCH3 is 1. The van der Waals surface area contributed by atoms with Crippen LogP contribution < -0.4 is 10.6 Å². The van der Waals surface area contributed by atoms with E-state index in [0.717, 1.165) is 64.5 Å². The molecule has 27 heavy (non-hydrogen) atoms. The van der Waals surface area contributed by atoms with Crippen molar-refractivity contribution in [1.29, 1.82) is 0 Å². The van der Waals surface area contributed by atoms with Gasteiger partial charge in [-0.15, -0.1) is 12.4 Å². The molecule has 6 nitrogen and oxygen atoms in total. The Morgan fingerprint density at radius 2 is 1.85 bits per heavy atom. The highest BCUT2D eigenvalue weighted by atomic mass is 35.5. The van der Waals surface area contributed by atoms with Crippen LogP contribution in [0.5, 0.6) is 0 Å². The Kier molecular flexibility index (Phi) is 6.09. The number of hydrogen-bond donors (Lipinski definition) is 2. The van der Waals surface area contributed by atoms with Crippen LogP contribution in [0.25, 0.3) is 0 Å². The summed E-state index contributed by atoms with van der Waals surface area (Å²) in [5.41, 5.74) is -0.400. The first-order valence-corrected chi connectivity index (χ1v) is 10.2. The summed E-state index contributed by atoms with van der Waals surface area (Å²) in [7, 11) is 1.46. The molecule has 2 N–H and O–H groups in total. The van der Waals surface area contributed by atoms with E-state index >= 15 is 0 Å². The highest BCUT2D eigenvalue weighted by Crippen LogP contribution is 2.69. The van der Waals surface area contributed by atoms with Crippen LogP contribution in [0.3, 0.4) is 0 Å². The molecule has 2 unspecified atom stereocenters. The second-order valence-electron chi connectivity index (χ2n) is 8.92. The minimum Gasteiger partial charge on any atom is -0.469 e. The fraction of sp³-hybridized carbons (Fsp3) is 0.900. The van der Waals surface area contributed by atoms with Gasteiger partial charge < -0.3 is 20.1 Å². The number of ether oxygens (including phenoxy) is 2. The summed E-state index contributed by atoms with van der Waals surface area (Å²) in [6.07, 6.45) is 8.06. The highest BCUT2D eigenvalue weighted by molar-refractivity contribution is 5.85. The highest BCUT2D eigenvalue weighted by Gasteiger charge is 2.72. The van der Waals surface area contributed by atoms with Gasteiger partial charge in [0.15, 0.2) is 0 Å². The number of nitrogens with one attached hydrogen (secondary N) is 2. The normalized spacial score (nSPS) is 33.3. The van der Waals surface area contributed by atoms with Gasteiger partial charge in [-0.05, 0) is 68.9 Å². The van der Waals surface area contributed by atoms with Gasteiger partial charge in [0.25, 0.3) is 0 Å². The summed E-state index contributed by atoms with van der Waals surface area (Å²) in [4.78, 5) is 25.6. The largest absolute Gasteiger partial charge is 0.469 e. The van der Waals surface area contributed by atoms with Crippen molar-refractivity contribution in [1.82, 2.24) is 10.6 Å². The molecular weight excluding hydrogens is 368 g/mol. The maximum absolute atomic E-state index is 13.1. The van der Waals surface area contributed by atoms with Gasteiger partial charge in [-0.2, -0.15) is 0 Å². The Morgan fingerprint density at radius 3 is 2.52 bits per heavy atom. The molecule has 4 aliphatic rings. The molecule has 4 fully saturated rings. The van der Waals surface area contributed by atoms with Gasteiger partial charge in [0.2, 0.25) is 5.91 Å². The molecule has 0 radical (unpaired) electrons. The number of hydrogen-bond acceptors (Lipinski definition) is 5. The third-order valence-corrected chi connectivity index (χ3v) is 7.94. The quantitative estimate of drug-likeness (QED) is 0.706. The number of piperidine rings is 1. The van der Waals surface area contributed by atoms with Crippen molar-refractivity contribution >= 4 is 24.3 Å². The fourth-order valence-corrected chi connectivity index (χ4v) is 6.19. The van der Waals surface area contributed by atoms with Crippen molar-refractivity contribution in [2.45, 2.75) is 51.4 Å². The molecule has 2 spiro atoms. The van der Waals surface area contributed by atoms with Crippen LogP contribution in [-0.4, -0.2) is 51.8 Å². The van der Waals surface area contributed by atoms with Gasteiger partial charge in [-0.1, -0.05) is 6.42 Å². The third-order valence-electron chi connectivity index (χ3n) is 7.94. The molecular formula is C20H33ClN2O4. The molecule has 2 saturated heterocycles. The standard InChI is InChI=1S/C20H32N2O4.ClH/c1-25-17(24)20(13-19(20)7-11-26-12-8-19)14-22-16(23)15-3-2-4-18(15)5-9-21-10-6-18;/h15,21H,2-14H2,1H3,(H,22,23);1H. The Morgan fingerprint density at radius 1 is 1.15 bits per heavy atom. The van der Waals surface area contributed by atoms with Crippen LogP contribution in [0.1, 0.15) is 51.4 Å². The van der Waals surface area contributed by atoms with Gasteiger partial charge in [0.05, 0.1) is 12.5 Å². The Balaban J connectivity index is 0.00000210. The molecule has 4 rings (SSSR count). The zero-order valence-electron chi connectivity index (χ0n) is 16.3. The number of esters is 1. The van der Waals surface area contributed by atoms with E-state index in [1.54, 1.807) is 0 Å². The smallest absolute Gasteiger partial charge is 0.314 e. The zero-order chi connectivity index (χ0) is 18.3. The maximum atomic E-state index is 13.1. The molecule has 2 aliphatic carbocycles. The molecule has 1 amide bonds. The van der Waals surface area contributed by atoms with Crippen LogP contribution in [0.4, 0.5) is 0 Å². The number of carbonyl (C=O) groups is 2.